The Kier molecular flexibility index (Phi) is 9.00. The zero-order chi connectivity index (χ0) is 35.2. The quantitative estimate of drug-likeness (QED) is 0.246. The number of rotatable bonds is 5. The molecule has 2 aromatic heterocycles. The van der Waals surface area contributed by atoms with Gasteiger partial charge in [0.2, 0.25) is 11.8 Å². The highest BCUT2D eigenvalue weighted by molar-refractivity contribution is 7.92. The van der Waals surface area contributed by atoms with E-state index in [-0.39, 0.29) is 46.8 Å². The lowest BCUT2D eigenvalue weighted by Gasteiger charge is -2.51. The molecule has 262 valence electrons. The standard InChI is InChI=1S/C38H45N7O4S/c1-24-10-8-11-25(2)35(24)31-17-34-42-37(41-31)43-50(47,48)30-14-9-13-26(16-30)36(46)44(29(23-49-34)18-38(3,4)5)22-28-19-39-20-33(40-28)45-21-27-12-6-7-15-32(27)45/h8-11,13-14,16-17,19-20,27,29,32H,6-7,12,15,18,21-23H2,1-5H3,(H,41,42,43)/t27-,29-,32?/m1/s1. The van der Waals surface area contributed by atoms with Gasteiger partial charge in [-0.2, -0.15) is 4.98 Å². The number of carbonyl (C=O) groups is 1. The van der Waals surface area contributed by atoms with E-state index < -0.39 is 16.1 Å². The van der Waals surface area contributed by atoms with Gasteiger partial charge in [-0.3, -0.25) is 9.78 Å². The second kappa shape index (κ2) is 13.3. The van der Waals surface area contributed by atoms with Crippen molar-refractivity contribution in [3.8, 4) is 17.1 Å². The fourth-order valence-electron chi connectivity index (χ4n) is 7.66. The molecule has 4 aromatic rings. The highest BCUT2D eigenvalue weighted by atomic mass is 32.2. The molecule has 0 spiro atoms. The summed E-state index contributed by atoms with van der Waals surface area (Å²) >= 11 is 0. The van der Waals surface area contributed by atoms with Gasteiger partial charge in [-0.1, -0.05) is 57.9 Å². The topological polar surface area (TPSA) is 131 Å². The first-order valence-electron chi connectivity index (χ1n) is 17.4. The maximum Gasteiger partial charge on any atom is 0.264 e. The number of carbonyl (C=O) groups excluding carboxylic acids is 1. The van der Waals surface area contributed by atoms with Crippen molar-refractivity contribution in [2.75, 3.05) is 22.8 Å². The zero-order valence-corrected chi connectivity index (χ0v) is 30.2. The number of hydrogen-bond acceptors (Lipinski definition) is 9. The molecule has 11 nitrogen and oxygen atoms in total. The van der Waals surface area contributed by atoms with Crippen LogP contribution in [0.2, 0.25) is 0 Å². The number of amides is 1. The fraction of sp³-hybridized carbons (Fsp3) is 0.447. The summed E-state index contributed by atoms with van der Waals surface area (Å²) in [7, 11) is -4.17. The molecule has 1 saturated carbocycles. The minimum absolute atomic E-state index is 0.0694. The van der Waals surface area contributed by atoms with E-state index in [1.54, 1.807) is 29.3 Å². The molecular formula is C38H45N7O4S. The van der Waals surface area contributed by atoms with Crippen LogP contribution in [0.25, 0.3) is 11.3 Å². The summed E-state index contributed by atoms with van der Waals surface area (Å²) in [5.41, 5.74) is 4.08. The third-order valence-corrected chi connectivity index (χ3v) is 11.4. The Morgan fingerprint density at radius 3 is 2.48 bits per heavy atom. The molecule has 3 aliphatic rings. The number of hydrogen-bond donors (Lipinski definition) is 1. The predicted molar refractivity (Wildman–Crippen MR) is 193 cm³/mol. The van der Waals surface area contributed by atoms with Crippen molar-refractivity contribution in [1.82, 2.24) is 24.8 Å². The molecule has 4 heterocycles. The summed E-state index contributed by atoms with van der Waals surface area (Å²) in [4.78, 5) is 37.3. The molecule has 3 atom stereocenters. The monoisotopic (exact) mass is 695 g/mol. The van der Waals surface area contributed by atoms with Crippen LogP contribution in [0.1, 0.15) is 80.1 Å². The molecular weight excluding hydrogens is 651 g/mol. The van der Waals surface area contributed by atoms with Gasteiger partial charge in [0.15, 0.2) is 0 Å². The summed E-state index contributed by atoms with van der Waals surface area (Å²) in [5.74, 6) is 1.31. The van der Waals surface area contributed by atoms with Crippen molar-refractivity contribution in [2.24, 2.45) is 11.3 Å². The van der Waals surface area contributed by atoms with Crippen molar-refractivity contribution in [1.29, 1.82) is 0 Å². The molecule has 1 N–H and O–H groups in total. The largest absolute Gasteiger partial charge is 0.475 e. The lowest BCUT2D eigenvalue weighted by molar-refractivity contribution is 0.0509. The van der Waals surface area contributed by atoms with Crippen LogP contribution in [0.15, 0.2) is 65.8 Å². The molecule has 1 amide bonds. The van der Waals surface area contributed by atoms with Crippen LogP contribution >= 0.6 is 0 Å². The maximum absolute atomic E-state index is 14.6. The van der Waals surface area contributed by atoms with Crippen molar-refractivity contribution in [3.63, 3.8) is 0 Å². The predicted octanol–water partition coefficient (Wildman–Crippen LogP) is 6.57. The molecule has 2 fully saturated rings. The summed E-state index contributed by atoms with van der Waals surface area (Å²) in [6.07, 6.45) is 9.06. The Balaban J connectivity index is 1.30. The molecule has 1 saturated heterocycles. The first kappa shape index (κ1) is 33.9. The zero-order valence-electron chi connectivity index (χ0n) is 29.4. The van der Waals surface area contributed by atoms with E-state index in [9.17, 15) is 13.2 Å². The van der Waals surface area contributed by atoms with Gasteiger partial charge in [-0.25, -0.2) is 23.1 Å². The van der Waals surface area contributed by atoms with Gasteiger partial charge in [0.25, 0.3) is 15.9 Å². The minimum Gasteiger partial charge on any atom is -0.475 e. The van der Waals surface area contributed by atoms with Crippen molar-refractivity contribution in [3.05, 3.63) is 83.3 Å². The average Bonchev–Trinajstić information content (AvgIpc) is 3.05. The van der Waals surface area contributed by atoms with Gasteiger partial charge in [-0.15, -0.1) is 0 Å². The Labute approximate surface area is 294 Å². The van der Waals surface area contributed by atoms with Crippen LogP contribution in [0.3, 0.4) is 0 Å². The van der Waals surface area contributed by atoms with Crippen LogP contribution < -0.4 is 14.4 Å². The SMILES string of the molecule is Cc1cccc(C)c1-c1cc2nc(n1)NS(=O)(=O)c1cccc(c1)C(=O)N(Cc1cncc(N3C[C@H]4CCCCC43)n1)[C@H](CC(C)(C)C)CO2. The minimum atomic E-state index is -4.17. The van der Waals surface area contributed by atoms with E-state index >= 15 is 0 Å². The summed E-state index contributed by atoms with van der Waals surface area (Å²) in [5, 5.41) is 0. The molecule has 4 bridgehead atoms. The van der Waals surface area contributed by atoms with Crippen LogP contribution in [-0.4, -0.2) is 64.4 Å². The molecule has 0 radical (unpaired) electrons. The maximum atomic E-state index is 14.6. The smallest absolute Gasteiger partial charge is 0.264 e. The normalized spacial score (nSPS) is 21.8. The van der Waals surface area contributed by atoms with Crippen LogP contribution in [0, 0.1) is 25.2 Å². The summed E-state index contributed by atoms with van der Waals surface area (Å²) in [6.45, 7) is 11.6. The van der Waals surface area contributed by atoms with E-state index in [2.05, 4.69) is 45.3 Å². The third kappa shape index (κ3) is 7.03. The first-order valence-corrected chi connectivity index (χ1v) is 18.9. The lowest BCUT2D eigenvalue weighted by atomic mass is 9.77. The van der Waals surface area contributed by atoms with Gasteiger partial charge in [0, 0.05) is 29.8 Å². The van der Waals surface area contributed by atoms with Gasteiger partial charge in [0.05, 0.1) is 41.3 Å². The number of nitrogens with one attached hydrogen (secondary N) is 1. The van der Waals surface area contributed by atoms with Gasteiger partial charge in [-0.05, 0) is 73.8 Å². The van der Waals surface area contributed by atoms with E-state index in [1.165, 1.54) is 31.4 Å². The van der Waals surface area contributed by atoms with Crippen LogP contribution in [0.4, 0.5) is 11.8 Å². The van der Waals surface area contributed by atoms with Crippen molar-refractivity contribution >= 4 is 27.7 Å². The van der Waals surface area contributed by atoms with Gasteiger partial charge in [0.1, 0.15) is 12.4 Å². The van der Waals surface area contributed by atoms with E-state index in [1.807, 2.05) is 38.2 Å². The second-order valence-corrected chi connectivity index (χ2v) is 16.8. The van der Waals surface area contributed by atoms with Crippen LogP contribution in [0.5, 0.6) is 5.88 Å². The number of sulfonamides is 1. The number of anilines is 2. The molecule has 1 unspecified atom stereocenters. The first-order chi connectivity index (χ1) is 23.8. The number of ether oxygens (including phenoxy) is 1. The molecule has 7 rings (SSSR count). The Bertz CT molecular complexity index is 2010. The second-order valence-electron chi connectivity index (χ2n) is 15.1. The van der Waals surface area contributed by atoms with Gasteiger partial charge < -0.3 is 14.5 Å². The molecule has 12 heteroatoms. The fourth-order valence-corrected chi connectivity index (χ4v) is 8.64. The number of fused-ring (bicyclic) bond motifs is 5. The summed E-state index contributed by atoms with van der Waals surface area (Å²) in [6, 6.07) is 13.8. The number of aromatic nitrogens is 4. The van der Waals surface area contributed by atoms with Crippen LogP contribution in [-0.2, 0) is 16.6 Å². The average molecular weight is 696 g/mol. The van der Waals surface area contributed by atoms with Crippen molar-refractivity contribution in [2.45, 2.75) is 90.2 Å². The highest BCUT2D eigenvalue weighted by Crippen LogP contribution is 2.39. The van der Waals surface area contributed by atoms with Crippen molar-refractivity contribution < 1.29 is 17.9 Å². The van der Waals surface area contributed by atoms with E-state index in [0.29, 0.717) is 29.8 Å². The number of nitrogens with zero attached hydrogens (tertiary/aromatic N) is 6. The summed E-state index contributed by atoms with van der Waals surface area (Å²) < 4.78 is 36.5. The molecule has 2 aliphatic heterocycles. The Hall–Kier alpha value is -4.58. The molecule has 1 aliphatic carbocycles. The Morgan fingerprint density at radius 2 is 1.72 bits per heavy atom. The van der Waals surface area contributed by atoms with E-state index in [4.69, 9.17) is 9.72 Å². The molecule has 2 aromatic carbocycles. The third-order valence-electron chi connectivity index (χ3n) is 10.0. The number of benzene rings is 2. The number of aryl methyl sites for hydroxylation is 2. The Morgan fingerprint density at radius 1 is 0.960 bits per heavy atom. The van der Waals surface area contributed by atoms with Gasteiger partial charge >= 0.3 is 0 Å². The molecule has 50 heavy (non-hydrogen) atoms. The highest BCUT2D eigenvalue weighted by Gasteiger charge is 2.41. The van der Waals surface area contributed by atoms with E-state index in [0.717, 1.165) is 35.5 Å². The lowest BCUT2D eigenvalue weighted by Crippen LogP contribution is -2.58.